The van der Waals surface area contributed by atoms with E-state index in [1.54, 1.807) is 0 Å². The molecule has 4 nitrogen and oxygen atoms in total. The van der Waals surface area contributed by atoms with Crippen molar-refractivity contribution in [1.29, 1.82) is 0 Å². The van der Waals surface area contributed by atoms with E-state index in [2.05, 4.69) is 45.2 Å². The van der Waals surface area contributed by atoms with Crippen molar-refractivity contribution in [3.05, 3.63) is 34.1 Å². The quantitative estimate of drug-likeness (QED) is 0.941. The van der Waals surface area contributed by atoms with Gasteiger partial charge in [0, 0.05) is 10.5 Å². The zero-order valence-corrected chi connectivity index (χ0v) is 12.3. The summed E-state index contributed by atoms with van der Waals surface area (Å²) in [5.74, 6) is 1.22. The first kappa shape index (κ1) is 13.2. The minimum atomic E-state index is 0.401. The Labute approximate surface area is 115 Å². The average molecular weight is 310 g/mol. The zero-order valence-electron chi connectivity index (χ0n) is 10.7. The van der Waals surface area contributed by atoms with Gasteiger partial charge in [0.05, 0.1) is 12.1 Å². The molecule has 0 fully saturated rings. The van der Waals surface area contributed by atoms with Crippen LogP contribution >= 0.6 is 15.9 Å². The lowest BCUT2D eigenvalue weighted by Gasteiger charge is -2.03. The number of halogens is 1. The van der Waals surface area contributed by atoms with Crippen molar-refractivity contribution in [2.24, 2.45) is 0 Å². The highest BCUT2D eigenvalue weighted by molar-refractivity contribution is 9.10. The molecule has 2 rings (SSSR count). The molecular formula is C13H16BrN3O. The number of rotatable bonds is 4. The maximum absolute atomic E-state index is 5.29. The number of nitrogens with one attached hydrogen (secondary N) is 1. The molecule has 1 aromatic heterocycles. The molecule has 0 aliphatic heterocycles. The molecule has 0 atom stereocenters. The molecule has 1 aromatic carbocycles. The fraction of sp³-hybridized carbons (Fsp3) is 0.385. The SMILES string of the molecule is Cc1ccc(Br)c(-c2nc(CNC(C)C)no2)c1. The number of aryl methyl sites for hydroxylation is 1. The van der Waals surface area contributed by atoms with Gasteiger partial charge in [-0.2, -0.15) is 4.98 Å². The fourth-order valence-corrected chi connectivity index (χ4v) is 1.95. The van der Waals surface area contributed by atoms with Crippen LogP contribution in [0.2, 0.25) is 0 Å². The van der Waals surface area contributed by atoms with Crippen LogP contribution in [0.1, 0.15) is 25.2 Å². The molecule has 18 heavy (non-hydrogen) atoms. The lowest BCUT2D eigenvalue weighted by atomic mass is 10.1. The van der Waals surface area contributed by atoms with Gasteiger partial charge in [0.15, 0.2) is 5.82 Å². The first-order chi connectivity index (χ1) is 8.56. The normalized spacial score (nSPS) is 11.2. The van der Waals surface area contributed by atoms with E-state index in [1.165, 1.54) is 0 Å². The predicted octanol–water partition coefficient (Wildman–Crippen LogP) is 3.31. The predicted molar refractivity (Wildman–Crippen MR) is 74.1 cm³/mol. The summed E-state index contributed by atoms with van der Waals surface area (Å²) in [6, 6.07) is 6.45. The molecule has 0 aliphatic carbocycles. The Morgan fingerprint density at radius 2 is 2.17 bits per heavy atom. The van der Waals surface area contributed by atoms with E-state index in [0.717, 1.165) is 15.6 Å². The van der Waals surface area contributed by atoms with Gasteiger partial charge in [0.2, 0.25) is 0 Å². The smallest absolute Gasteiger partial charge is 0.259 e. The molecule has 0 saturated heterocycles. The first-order valence-corrected chi connectivity index (χ1v) is 6.68. The third-order valence-electron chi connectivity index (χ3n) is 2.49. The Morgan fingerprint density at radius 1 is 1.39 bits per heavy atom. The minimum Gasteiger partial charge on any atom is -0.334 e. The molecule has 5 heteroatoms. The second-order valence-corrected chi connectivity index (χ2v) is 5.39. The largest absolute Gasteiger partial charge is 0.334 e. The summed E-state index contributed by atoms with van der Waals surface area (Å²) in [6.07, 6.45) is 0. The monoisotopic (exact) mass is 309 g/mol. The lowest BCUT2D eigenvalue weighted by Crippen LogP contribution is -2.22. The molecule has 0 amide bonds. The summed E-state index contributed by atoms with van der Waals surface area (Å²) in [4.78, 5) is 4.38. The number of nitrogens with zero attached hydrogens (tertiary/aromatic N) is 2. The molecule has 2 aromatic rings. The summed E-state index contributed by atoms with van der Waals surface area (Å²) < 4.78 is 6.25. The number of hydrogen-bond acceptors (Lipinski definition) is 4. The maximum Gasteiger partial charge on any atom is 0.259 e. The summed E-state index contributed by atoms with van der Waals surface area (Å²) in [7, 11) is 0. The highest BCUT2D eigenvalue weighted by Gasteiger charge is 2.12. The van der Waals surface area contributed by atoms with Gasteiger partial charge in [-0.15, -0.1) is 0 Å². The van der Waals surface area contributed by atoms with E-state index in [0.29, 0.717) is 24.3 Å². The highest BCUT2D eigenvalue weighted by atomic mass is 79.9. The van der Waals surface area contributed by atoms with E-state index in [4.69, 9.17) is 4.52 Å². The molecule has 1 heterocycles. The third-order valence-corrected chi connectivity index (χ3v) is 3.18. The second-order valence-electron chi connectivity index (χ2n) is 4.53. The molecule has 0 saturated carbocycles. The van der Waals surface area contributed by atoms with Crippen LogP contribution in [0.4, 0.5) is 0 Å². The summed E-state index contributed by atoms with van der Waals surface area (Å²) in [6.45, 7) is 6.81. The van der Waals surface area contributed by atoms with Gasteiger partial charge in [0.25, 0.3) is 5.89 Å². The first-order valence-electron chi connectivity index (χ1n) is 5.89. The van der Waals surface area contributed by atoms with Gasteiger partial charge in [-0.1, -0.05) is 30.6 Å². The number of hydrogen-bond donors (Lipinski definition) is 1. The van der Waals surface area contributed by atoms with Gasteiger partial charge in [0.1, 0.15) is 0 Å². The Morgan fingerprint density at radius 3 is 2.89 bits per heavy atom. The van der Waals surface area contributed by atoms with E-state index in [-0.39, 0.29) is 0 Å². The second kappa shape index (κ2) is 5.63. The van der Waals surface area contributed by atoms with Crippen LogP contribution in [0.3, 0.4) is 0 Å². The van der Waals surface area contributed by atoms with Crippen LogP contribution in [0.15, 0.2) is 27.2 Å². The van der Waals surface area contributed by atoms with E-state index in [1.807, 2.05) is 25.1 Å². The lowest BCUT2D eigenvalue weighted by molar-refractivity contribution is 0.417. The van der Waals surface area contributed by atoms with Gasteiger partial charge >= 0.3 is 0 Å². The zero-order chi connectivity index (χ0) is 13.1. The Balaban J connectivity index is 2.21. The topological polar surface area (TPSA) is 51.0 Å². The molecule has 1 N–H and O–H groups in total. The van der Waals surface area contributed by atoms with Crippen LogP contribution in [-0.2, 0) is 6.54 Å². The summed E-state index contributed by atoms with van der Waals surface area (Å²) in [5, 5.41) is 7.22. The van der Waals surface area contributed by atoms with Gasteiger partial charge in [-0.05, 0) is 35.0 Å². The molecule has 0 radical (unpaired) electrons. The highest BCUT2D eigenvalue weighted by Crippen LogP contribution is 2.27. The van der Waals surface area contributed by atoms with Crippen molar-refractivity contribution in [2.45, 2.75) is 33.4 Å². The van der Waals surface area contributed by atoms with Crippen molar-refractivity contribution in [3.8, 4) is 11.5 Å². The maximum atomic E-state index is 5.29. The van der Waals surface area contributed by atoms with Crippen LogP contribution in [0.25, 0.3) is 11.5 Å². The van der Waals surface area contributed by atoms with Crippen LogP contribution in [-0.4, -0.2) is 16.2 Å². The third kappa shape index (κ3) is 3.17. The van der Waals surface area contributed by atoms with Crippen molar-refractivity contribution < 1.29 is 4.52 Å². The van der Waals surface area contributed by atoms with Crippen molar-refractivity contribution in [1.82, 2.24) is 15.5 Å². The summed E-state index contributed by atoms with van der Waals surface area (Å²) >= 11 is 3.50. The van der Waals surface area contributed by atoms with Crippen molar-refractivity contribution in [2.75, 3.05) is 0 Å². The van der Waals surface area contributed by atoms with E-state index < -0.39 is 0 Å². The van der Waals surface area contributed by atoms with Crippen LogP contribution < -0.4 is 5.32 Å². The van der Waals surface area contributed by atoms with E-state index in [9.17, 15) is 0 Å². The molecular weight excluding hydrogens is 294 g/mol. The standard InChI is InChI=1S/C13H16BrN3O/c1-8(2)15-7-12-16-13(18-17-12)10-6-9(3)4-5-11(10)14/h4-6,8,15H,7H2,1-3H3. The Bertz CT molecular complexity index is 537. The van der Waals surface area contributed by atoms with Crippen LogP contribution in [0.5, 0.6) is 0 Å². The fourth-order valence-electron chi connectivity index (χ4n) is 1.53. The van der Waals surface area contributed by atoms with Gasteiger partial charge < -0.3 is 9.84 Å². The number of benzene rings is 1. The number of aromatic nitrogens is 2. The van der Waals surface area contributed by atoms with Crippen molar-refractivity contribution >= 4 is 15.9 Å². The van der Waals surface area contributed by atoms with E-state index >= 15 is 0 Å². The molecule has 96 valence electrons. The summed E-state index contributed by atoms with van der Waals surface area (Å²) in [5.41, 5.74) is 2.09. The van der Waals surface area contributed by atoms with Gasteiger partial charge in [-0.25, -0.2) is 0 Å². The average Bonchev–Trinajstić information content (AvgIpc) is 2.78. The minimum absolute atomic E-state index is 0.401. The van der Waals surface area contributed by atoms with Crippen molar-refractivity contribution in [3.63, 3.8) is 0 Å². The Kier molecular flexibility index (Phi) is 4.14. The molecule has 0 bridgehead atoms. The molecule has 0 aliphatic rings. The Hall–Kier alpha value is -1.20. The molecule has 0 spiro atoms. The van der Waals surface area contributed by atoms with Gasteiger partial charge in [-0.3, -0.25) is 0 Å². The molecule has 0 unspecified atom stereocenters. The van der Waals surface area contributed by atoms with Crippen LogP contribution in [0, 0.1) is 6.92 Å².